The summed E-state index contributed by atoms with van der Waals surface area (Å²) in [6.07, 6.45) is 0. The summed E-state index contributed by atoms with van der Waals surface area (Å²) in [4.78, 5) is 22.4. The van der Waals surface area contributed by atoms with Gasteiger partial charge in [0.2, 0.25) is 11.8 Å². The topological polar surface area (TPSA) is 85.9 Å². The zero-order valence-corrected chi connectivity index (χ0v) is 9.70. The standard InChI is InChI=1S/C10H18N2O5/c13-9-7-17-8-10(14)12-2-4-16-6-5-15-3-1-11-9/h1-8H2,(H,11,13)(H,12,14). The number of hydrogen-bond acceptors (Lipinski definition) is 5. The van der Waals surface area contributed by atoms with Crippen molar-refractivity contribution in [1.82, 2.24) is 10.6 Å². The fourth-order valence-electron chi connectivity index (χ4n) is 1.19. The molecule has 0 spiro atoms. The quantitative estimate of drug-likeness (QED) is 0.531. The molecule has 0 atom stereocenters. The third-order valence-corrected chi connectivity index (χ3v) is 1.98. The van der Waals surface area contributed by atoms with Gasteiger partial charge in [-0.2, -0.15) is 0 Å². The summed E-state index contributed by atoms with van der Waals surface area (Å²) in [7, 11) is 0. The summed E-state index contributed by atoms with van der Waals surface area (Å²) in [6.45, 7) is 2.43. The number of amides is 2. The van der Waals surface area contributed by atoms with Crippen LogP contribution >= 0.6 is 0 Å². The van der Waals surface area contributed by atoms with Gasteiger partial charge in [0.05, 0.1) is 26.4 Å². The molecule has 7 nitrogen and oxygen atoms in total. The molecular formula is C10H18N2O5. The highest BCUT2D eigenvalue weighted by atomic mass is 16.5. The van der Waals surface area contributed by atoms with Gasteiger partial charge in [0.25, 0.3) is 0 Å². The molecule has 0 aromatic heterocycles. The van der Waals surface area contributed by atoms with Gasteiger partial charge < -0.3 is 24.8 Å². The van der Waals surface area contributed by atoms with E-state index in [0.29, 0.717) is 39.5 Å². The van der Waals surface area contributed by atoms with Crippen LogP contribution in [0.4, 0.5) is 0 Å². The molecule has 0 aliphatic carbocycles. The Bertz CT molecular complexity index is 223. The Labute approximate surface area is 99.8 Å². The molecular weight excluding hydrogens is 228 g/mol. The number of hydrogen-bond donors (Lipinski definition) is 2. The third kappa shape index (κ3) is 7.67. The largest absolute Gasteiger partial charge is 0.377 e. The lowest BCUT2D eigenvalue weighted by molar-refractivity contribution is -0.131. The first-order chi connectivity index (χ1) is 8.29. The Hall–Kier alpha value is -1.18. The summed E-state index contributed by atoms with van der Waals surface area (Å²) in [6, 6.07) is 0. The average molecular weight is 246 g/mol. The van der Waals surface area contributed by atoms with E-state index in [1.807, 2.05) is 0 Å². The van der Waals surface area contributed by atoms with Gasteiger partial charge in [0.15, 0.2) is 0 Å². The number of nitrogens with one attached hydrogen (secondary N) is 2. The second-order valence-electron chi connectivity index (χ2n) is 3.42. The van der Waals surface area contributed by atoms with E-state index in [2.05, 4.69) is 10.6 Å². The zero-order valence-electron chi connectivity index (χ0n) is 9.70. The third-order valence-electron chi connectivity index (χ3n) is 1.98. The molecule has 0 bridgehead atoms. The highest BCUT2D eigenvalue weighted by Crippen LogP contribution is 1.81. The normalized spacial score (nSPS) is 21.9. The van der Waals surface area contributed by atoms with Crippen molar-refractivity contribution in [2.45, 2.75) is 0 Å². The molecule has 1 aliphatic heterocycles. The molecule has 1 fully saturated rings. The molecule has 98 valence electrons. The van der Waals surface area contributed by atoms with E-state index >= 15 is 0 Å². The molecule has 2 amide bonds. The molecule has 0 unspecified atom stereocenters. The average Bonchev–Trinajstić information content (AvgIpc) is 2.31. The van der Waals surface area contributed by atoms with Crippen molar-refractivity contribution in [3.8, 4) is 0 Å². The minimum absolute atomic E-state index is 0.121. The number of carbonyl (C=O) groups is 2. The summed E-state index contributed by atoms with van der Waals surface area (Å²) >= 11 is 0. The van der Waals surface area contributed by atoms with Gasteiger partial charge in [-0.15, -0.1) is 0 Å². The summed E-state index contributed by atoms with van der Waals surface area (Å²) in [5.41, 5.74) is 0. The van der Waals surface area contributed by atoms with Crippen LogP contribution in [0, 0.1) is 0 Å². The smallest absolute Gasteiger partial charge is 0.246 e. The van der Waals surface area contributed by atoms with E-state index in [4.69, 9.17) is 14.2 Å². The Balaban J connectivity index is 2.24. The first kappa shape index (κ1) is 13.9. The molecule has 0 aromatic carbocycles. The summed E-state index contributed by atoms with van der Waals surface area (Å²) in [5.74, 6) is -0.514. The Morgan fingerprint density at radius 3 is 1.65 bits per heavy atom. The second-order valence-corrected chi connectivity index (χ2v) is 3.42. The SMILES string of the molecule is O=C1COCC(=O)NCCOCCOCCN1. The highest BCUT2D eigenvalue weighted by molar-refractivity contribution is 5.79. The van der Waals surface area contributed by atoms with Crippen LogP contribution in [0.25, 0.3) is 0 Å². The molecule has 7 heteroatoms. The van der Waals surface area contributed by atoms with Crippen molar-refractivity contribution >= 4 is 11.8 Å². The maximum absolute atomic E-state index is 11.2. The number of carbonyl (C=O) groups excluding carboxylic acids is 2. The van der Waals surface area contributed by atoms with E-state index in [1.54, 1.807) is 0 Å². The van der Waals surface area contributed by atoms with Crippen LogP contribution in [0.2, 0.25) is 0 Å². The van der Waals surface area contributed by atoms with Gasteiger partial charge in [-0.05, 0) is 0 Å². The van der Waals surface area contributed by atoms with E-state index in [9.17, 15) is 9.59 Å². The Kier molecular flexibility index (Phi) is 7.28. The van der Waals surface area contributed by atoms with Gasteiger partial charge in [-0.1, -0.05) is 0 Å². The maximum Gasteiger partial charge on any atom is 0.246 e. The predicted octanol–water partition coefficient (Wildman–Crippen LogP) is -1.72. The van der Waals surface area contributed by atoms with Crippen LogP contribution in [0.1, 0.15) is 0 Å². The van der Waals surface area contributed by atoms with Crippen LogP contribution in [0.5, 0.6) is 0 Å². The molecule has 0 aromatic rings. The molecule has 1 rings (SSSR count). The Morgan fingerprint density at radius 1 is 0.706 bits per heavy atom. The van der Waals surface area contributed by atoms with Crippen molar-refractivity contribution in [2.24, 2.45) is 0 Å². The van der Waals surface area contributed by atoms with Crippen LogP contribution in [-0.2, 0) is 23.8 Å². The lowest BCUT2D eigenvalue weighted by Gasteiger charge is -2.06. The van der Waals surface area contributed by atoms with Gasteiger partial charge >= 0.3 is 0 Å². The first-order valence-corrected chi connectivity index (χ1v) is 5.55. The van der Waals surface area contributed by atoms with E-state index in [-0.39, 0.29) is 25.0 Å². The van der Waals surface area contributed by atoms with Gasteiger partial charge in [-0.3, -0.25) is 9.59 Å². The van der Waals surface area contributed by atoms with Crippen molar-refractivity contribution in [1.29, 1.82) is 0 Å². The Morgan fingerprint density at radius 2 is 1.18 bits per heavy atom. The first-order valence-electron chi connectivity index (χ1n) is 5.55. The van der Waals surface area contributed by atoms with Crippen molar-refractivity contribution in [2.75, 3.05) is 52.7 Å². The fraction of sp³-hybridized carbons (Fsp3) is 0.800. The zero-order chi connectivity index (χ0) is 12.3. The van der Waals surface area contributed by atoms with Crippen LogP contribution in [0.3, 0.4) is 0 Å². The fourth-order valence-corrected chi connectivity index (χ4v) is 1.19. The predicted molar refractivity (Wildman–Crippen MR) is 58.5 cm³/mol. The number of rotatable bonds is 0. The lowest BCUT2D eigenvalue weighted by atomic mass is 10.5. The molecule has 2 N–H and O–H groups in total. The monoisotopic (exact) mass is 246 g/mol. The van der Waals surface area contributed by atoms with Gasteiger partial charge in [0.1, 0.15) is 13.2 Å². The lowest BCUT2D eigenvalue weighted by Crippen LogP contribution is -2.34. The number of ether oxygens (including phenoxy) is 3. The van der Waals surface area contributed by atoms with Crippen LogP contribution in [0.15, 0.2) is 0 Å². The van der Waals surface area contributed by atoms with E-state index < -0.39 is 0 Å². The van der Waals surface area contributed by atoms with E-state index in [1.165, 1.54) is 0 Å². The molecule has 17 heavy (non-hydrogen) atoms. The van der Waals surface area contributed by atoms with E-state index in [0.717, 1.165) is 0 Å². The molecule has 0 saturated carbocycles. The second kappa shape index (κ2) is 8.91. The molecule has 1 aliphatic rings. The van der Waals surface area contributed by atoms with Gasteiger partial charge in [0, 0.05) is 13.1 Å². The minimum atomic E-state index is -0.257. The van der Waals surface area contributed by atoms with Crippen LogP contribution in [-0.4, -0.2) is 64.5 Å². The van der Waals surface area contributed by atoms with Crippen LogP contribution < -0.4 is 10.6 Å². The van der Waals surface area contributed by atoms with Gasteiger partial charge in [-0.25, -0.2) is 0 Å². The van der Waals surface area contributed by atoms with Crippen molar-refractivity contribution in [3.63, 3.8) is 0 Å². The van der Waals surface area contributed by atoms with Crippen molar-refractivity contribution < 1.29 is 23.8 Å². The highest BCUT2D eigenvalue weighted by Gasteiger charge is 2.05. The summed E-state index contributed by atoms with van der Waals surface area (Å²) < 4.78 is 15.4. The summed E-state index contributed by atoms with van der Waals surface area (Å²) in [5, 5.41) is 5.21. The minimum Gasteiger partial charge on any atom is -0.377 e. The maximum atomic E-state index is 11.2. The molecule has 0 radical (unpaired) electrons. The van der Waals surface area contributed by atoms with Crippen molar-refractivity contribution in [3.05, 3.63) is 0 Å². The molecule has 1 saturated heterocycles. The molecule has 1 heterocycles.